The molecule has 0 unspecified atom stereocenters. The number of aromatic amines is 1. The van der Waals surface area contributed by atoms with Crippen molar-refractivity contribution in [3.63, 3.8) is 0 Å². The van der Waals surface area contributed by atoms with Gasteiger partial charge in [0, 0.05) is 19.1 Å². The summed E-state index contributed by atoms with van der Waals surface area (Å²) in [7, 11) is -3.38. The van der Waals surface area contributed by atoms with Crippen LogP contribution in [-0.4, -0.2) is 41.8 Å². The fraction of sp³-hybridized carbons (Fsp3) is 0.625. The van der Waals surface area contributed by atoms with Crippen molar-refractivity contribution in [2.75, 3.05) is 13.1 Å². The molecule has 0 aromatic carbocycles. The molecule has 3 N–H and O–H groups in total. The van der Waals surface area contributed by atoms with Crippen molar-refractivity contribution in [1.29, 1.82) is 0 Å². The molecule has 2 rings (SSSR count). The highest BCUT2D eigenvalue weighted by atomic mass is 32.2. The van der Waals surface area contributed by atoms with Crippen LogP contribution in [0.4, 0.5) is 0 Å². The minimum atomic E-state index is -3.38. The van der Waals surface area contributed by atoms with Gasteiger partial charge in [0.25, 0.3) is 10.0 Å². The molecule has 15 heavy (non-hydrogen) atoms. The van der Waals surface area contributed by atoms with Gasteiger partial charge in [0.15, 0.2) is 5.03 Å². The van der Waals surface area contributed by atoms with Crippen LogP contribution in [0.1, 0.15) is 12.8 Å². The van der Waals surface area contributed by atoms with Crippen molar-refractivity contribution in [2.45, 2.75) is 23.9 Å². The molecule has 0 spiro atoms. The molecular formula is C8H14N4O2S. The molecule has 0 radical (unpaired) electrons. The van der Waals surface area contributed by atoms with Gasteiger partial charge in [0.1, 0.15) is 0 Å². The molecule has 1 aromatic heterocycles. The first-order valence-electron chi connectivity index (χ1n) is 4.85. The van der Waals surface area contributed by atoms with Crippen LogP contribution in [0.5, 0.6) is 0 Å². The highest BCUT2D eigenvalue weighted by molar-refractivity contribution is 7.89. The van der Waals surface area contributed by atoms with Crippen molar-refractivity contribution < 1.29 is 8.42 Å². The lowest BCUT2D eigenvalue weighted by Crippen LogP contribution is -2.42. The minimum absolute atomic E-state index is 0.123. The van der Waals surface area contributed by atoms with Gasteiger partial charge in [0.2, 0.25) is 0 Å². The molecule has 2 heterocycles. The van der Waals surface area contributed by atoms with Gasteiger partial charge in [-0.2, -0.15) is 4.31 Å². The molecule has 84 valence electrons. The number of nitrogens with zero attached hydrogens (tertiary/aromatic N) is 2. The molecule has 1 aliphatic rings. The number of H-pyrrole nitrogens is 1. The monoisotopic (exact) mass is 230 g/mol. The van der Waals surface area contributed by atoms with Crippen molar-refractivity contribution in [2.24, 2.45) is 5.73 Å². The number of piperidine rings is 1. The number of imidazole rings is 1. The van der Waals surface area contributed by atoms with E-state index >= 15 is 0 Å². The molecule has 0 bridgehead atoms. The standard InChI is InChI=1S/C8H14N4O2S/c9-7-1-3-12(4-2-7)15(13,14)8-5-10-6-11-8/h5-7H,1-4,9H2,(H,10,11). The Morgan fingerprint density at radius 3 is 2.67 bits per heavy atom. The Kier molecular flexibility index (Phi) is 2.76. The van der Waals surface area contributed by atoms with E-state index in [0.717, 1.165) is 0 Å². The second-order valence-corrected chi connectivity index (χ2v) is 5.56. The zero-order chi connectivity index (χ0) is 10.9. The summed E-state index contributed by atoms with van der Waals surface area (Å²) in [6.07, 6.45) is 4.12. The average Bonchev–Trinajstić information content (AvgIpc) is 2.71. The topological polar surface area (TPSA) is 92.1 Å². The number of nitrogens with one attached hydrogen (secondary N) is 1. The maximum Gasteiger partial charge on any atom is 0.260 e. The van der Waals surface area contributed by atoms with E-state index in [2.05, 4.69) is 9.97 Å². The van der Waals surface area contributed by atoms with Crippen LogP contribution in [0.2, 0.25) is 0 Å². The second kappa shape index (κ2) is 3.92. The summed E-state index contributed by atoms with van der Waals surface area (Å²) < 4.78 is 25.4. The smallest absolute Gasteiger partial charge is 0.260 e. The Balaban J connectivity index is 2.17. The predicted molar refractivity (Wildman–Crippen MR) is 54.6 cm³/mol. The molecule has 0 atom stereocenters. The molecule has 1 fully saturated rings. The number of rotatable bonds is 2. The van der Waals surface area contributed by atoms with Crippen LogP contribution >= 0.6 is 0 Å². The number of aromatic nitrogens is 2. The third-order valence-electron chi connectivity index (χ3n) is 2.59. The van der Waals surface area contributed by atoms with Crippen molar-refractivity contribution >= 4 is 10.0 Å². The Morgan fingerprint density at radius 2 is 2.13 bits per heavy atom. The molecule has 0 amide bonds. The highest BCUT2D eigenvalue weighted by Crippen LogP contribution is 2.17. The Bertz CT molecular complexity index is 406. The highest BCUT2D eigenvalue weighted by Gasteiger charge is 2.28. The van der Waals surface area contributed by atoms with Gasteiger partial charge >= 0.3 is 0 Å². The van der Waals surface area contributed by atoms with Gasteiger partial charge in [-0.25, -0.2) is 13.4 Å². The SMILES string of the molecule is NC1CCN(S(=O)(=O)c2cnc[nH]2)CC1. The number of hydrogen-bond donors (Lipinski definition) is 2. The third kappa shape index (κ3) is 2.04. The summed E-state index contributed by atoms with van der Waals surface area (Å²) in [6.45, 7) is 0.977. The Hall–Kier alpha value is -0.920. The summed E-state index contributed by atoms with van der Waals surface area (Å²) in [5.74, 6) is 0. The lowest BCUT2D eigenvalue weighted by molar-refractivity contribution is 0.319. The first kappa shape index (κ1) is 10.6. The van der Waals surface area contributed by atoms with E-state index in [0.29, 0.717) is 25.9 Å². The molecule has 7 heteroatoms. The largest absolute Gasteiger partial charge is 0.335 e. The fourth-order valence-corrected chi connectivity index (χ4v) is 3.00. The van der Waals surface area contributed by atoms with Gasteiger partial charge in [-0.1, -0.05) is 0 Å². The van der Waals surface area contributed by atoms with E-state index in [1.165, 1.54) is 16.8 Å². The van der Waals surface area contributed by atoms with E-state index < -0.39 is 10.0 Å². The lowest BCUT2D eigenvalue weighted by atomic mass is 10.1. The lowest BCUT2D eigenvalue weighted by Gasteiger charge is -2.28. The minimum Gasteiger partial charge on any atom is -0.335 e. The van der Waals surface area contributed by atoms with Gasteiger partial charge in [0.05, 0.1) is 12.5 Å². The predicted octanol–water partition coefficient (Wildman–Crippen LogP) is -0.479. The first-order valence-corrected chi connectivity index (χ1v) is 6.29. The van der Waals surface area contributed by atoms with Gasteiger partial charge in [-0.15, -0.1) is 0 Å². The zero-order valence-corrected chi connectivity index (χ0v) is 9.07. The van der Waals surface area contributed by atoms with Gasteiger partial charge in [-0.05, 0) is 12.8 Å². The first-order chi connectivity index (χ1) is 7.10. The van der Waals surface area contributed by atoms with Crippen LogP contribution in [-0.2, 0) is 10.0 Å². The summed E-state index contributed by atoms with van der Waals surface area (Å²) in [4.78, 5) is 6.33. The quantitative estimate of drug-likeness (QED) is 0.718. The van der Waals surface area contributed by atoms with Gasteiger partial charge in [-0.3, -0.25) is 0 Å². The molecule has 1 aromatic rings. The molecular weight excluding hydrogens is 216 g/mol. The maximum atomic E-state index is 12.0. The van der Waals surface area contributed by atoms with E-state index in [9.17, 15) is 8.42 Å². The van der Waals surface area contributed by atoms with Crippen LogP contribution in [0, 0.1) is 0 Å². The zero-order valence-electron chi connectivity index (χ0n) is 8.26. The summed E-state index contributed by atoms with van der Waals surface area (Å²) in [5.41, 5.74) is 5.72. The third-order valence-corrected chi connectivity index (χ3v) is 4.41. The van der Waals surface area contributed by atoms with E-state index in [4.69, 9.17) is 5.73 Å². The van der Waals surface area contributed by atoms with E-state index in [1.54, 1.807) is 0 Å². The van der Waals surface area contributed by atoms with Crippen LogP contribution < -0.4 is 5.73 Å². The molecule has 0 aliphatic carbocycles. The van der Waals surface area contributed by atoms with E-state index in [1.807, 2.05) is 0 Å². The van der Waals surface area contributed by atoms with Crippen LogP contribution in [0.15, 0.2) is 17.6 Å². The van der Waals surface area contributed by atoms with Crippen LogP contribution in [0.3, 0.4) is 0 Å². The second-order valence-electron chi connectivity index (χ2n) is 3.66. The number of sulfonamides is 1. The normalized spacial score (nSPS) is 20.6. The number of hydrogen-bond acceptors (Lipinski definition) is 4. The summed E-state index contributed by atoms with van der Waals surface area (Å²) in [5, 5.41) is 0.151. The van der Waals surface area contributed by atoms with Crippen LogP contribution in [0.25, 0.3) is 0 Å². The maximum absolute atomic E-state index is 12.0. The van der Waals surface area contributed by atoms with Crippen molar-refractivity contribution in [1.82, 2.24) is 14.3 Å². The van der Waals surface area contributed by atoms with Crippen molar-refractivity contribution in [3.8, 4) is 0 Å². The fourth-order valence-electron chi connectivity index (χ4n) is 1.64. The molecule has 1 saturated heterocycles. The van der Waals surface area contributed by atoms with E-state index in [-0.39, 0.29) is 11.1 Å². The molecule has 1 aliphatic heterocycles. The molecule has 0 saturated carbocycles. The average molecular weight is 230 g/mol. The number of nitrogens with two attached hydrogens (primary N) is 1. The Labute approximate surface area is 88.5 Å². The van der Waals surface area contributed by atoms with Crippen molar-refractivity contribution in [3.05, 3.63) is 12.5 Å². The summed E-state index contributed by atoms with van der Waals surface area (Å²) in [6, 6.07) is 0.123. The summed E-state index contributed by atoms with van der Waals surface area (Å²) >= 11 is 0. The Morgan fingerprint density at radius 1 is 1.47 bits per heavy atom. The van der Waals surface area contributed by atoms with Gasteiger partial charge < -0.3 is 10.7 Å². The molecule has 6 nitrogen and oxygen atoms in total.